The molecule has 0 radical (unpaired) electrons. The van der Waals surface area contributed by atoms with Gasteiger partial charge in [0.05, 0.1) is 11.1 Å². The minimum Gasteiger partial charge on any atom is -0.478 e. The summed E-state index contributed by atoms with van der Waals surface area (Å²) in [6, 6.07) is 3.48. The highest BCUT2D eigenvalue weighted by Gasteiger charge is 2.36. The lowest BCUT2D eigenvalue weighted by atomic mass is 10.1. The molecule has 2 rings (SSSR count). The first-order chi connectivity index (χ1) is 9.82. The lowest BCUT2D eigenvalue weighted by Crippen LogP contribution is -2.27. The summed E-state index contributed by atoms with van der Waals surface area (Å²) >= 11 is 0. The van der Waals surface area contributed by atoms with Crippen LogP contribution in [0.15, 0.2) is 18.2 Å². The molecule has 1 aliphatic rings. The van der Waals surface area contributed by atoms with E-state index in [9.17, 15) is 18.0 Å². The fourth-order valence-electron chi connectivity index (χ4n) is 2.36. The Morgan fingerprint density at radius 2 is 2.05 bits per heavy atom. The normalized spacial score (nSPS) is 15.0. The summed E-state index contributed by atoms with van der Waals surface area (Å²) in [5, 5.41) is 8.90. The van der Waals surface area contributed by atoms with Gasteiger partial charge in [0, 0.05) is 18.8 Å². The number of carboxylic acid groups (broad SMARTS) is 1. The molecule has 1 saturated carbocycles. The summed E-state index contributed by atoms with van der Waals surface area (Å²) in [7, 11) is 0. The zero-order valence-corrected chi connectivity index (χ0v) is 11.8. The third-order valence-electron chi connectivity index (χ3n) is 3.57. The van der Waals surface area contributed by atoms with E-state index in [2.05, 4.69) is 0 Å². The van der Waals surface area contributed by atoms with Crippen LogP contribution in [-0.2, 0) is 6.18 Å². The van der Waals surface area contributed by atoms with Crippen molar-refractivity contribution in [3.63, 3.8) is 0 Å². The van der Waals surface area contributed by atoms with Gasteiger partial charge in [-0.2, -0.15) is 13.2 Å². The SMILES string of the molecule is CCCN(CC1CC1)c1ccc(C(=O)O)c(C(F)(F)F)c1. The second kappa shape index (κ2) is 5.95. The maximum absolute atomic E-state index is 13.0. The van der Waals surface area contributed by atoms with E-state index in [0.29, 0.717) is 18.2 Å². The third-order valence-corrected chi connectivity index (χ3v) is 3.57. The molecule has 116 valence electrons. The standard InChI is InChI=1S/C15H18F3NO2/c1-2-7-19(9-10-3-4-10)11-5-6-12(14(20)21)13(8-11)15(16,17)18/h5-6,8,10H,2-4,7,9H2,1H3,(H,20,21). The van der Waals surface area contributed by atoms with E-state index in [4.69, 9.17) is 5.11 Å². The second-order valence-electron chi connectivity index (χ2n) is 5.42. The van der Waals surface area contributed by atoms with Crippen molar-refractivity contribution in [1.82, 2.24) is 0 Å². The van der Waals surface area contributed by atoms with Crippen molar-refractivity contribution in [1.29, 1.82) is 0 Å². The van der Waals surface area contributed by atoms with Crippen LogP contribution in [0.2, 0.25) is 0 Å². The second-order valence-corrected chi connectivity index (χ2v) is 5.42. The number of hydrogen-bond donors (Lipinski definition) is 1. The molecule has 3 nitrogen and oxygen atoms in total. The Morgan fingerprint density at radius 3 is 2.52 bits per heavy atom. The van der Waals surface area contributed by atoms with Crippen molar-refractivity contribution in [3.05, 3.63) is 29.3 Å². The Labute approximate surface area is 121 Å². The van der Waals surface area contributed by atoms with Crippen LogP contribution in [0.25, 0.3) is 0 Å². The molecule has 0 spiro atoms. The van der Waals surface area contributed by atoms with Crippen molar-refractivity contribution in [2.75, 3.05) is 18.0 Å². The fourth-order valence-corrected chi connectivity index (χ4v) is 2.36. The minimum absolute atomic E-state index is 0.445. The average molecular weight is 301 g/mol. The minimum atomic E-state index is -4.67. The van der Waals surface area contributed by atoms with Gasteiger partial charge in [0.2, 0.25) is 0 Å². The van der Waals surface area contributed by atoms with Gasteiger partial charge in [-0.05, 0) is 43.4 Å². The highest BCUT2D eigenvalue weighted by molar-refractivity contribution is 5.90. The maximum atomic E-state index is 13.0. The van der Waals surface area contributed by atoms with Gasteiger partial charge in [0.15, 0.2) is 0 Å². The van der Waals surface area contributed by atoms with Crippen molar-refractivity contribution >= 4 is 11.7 Å². The molecule has 0 aliphatic heterocycles. The molecule has 0 atom stereocenters. The van der Waals surface area contributed by atoms with Gasteiger partial charge >= 0.3 is 12.1 Å². The van der Waals surface area contributed by atoms with E-state index < -0.39 is 23.3 Å². The topological polar surface area (TPSA) is 40.5 Å². The van der Waals surface area contributed by atoms with Gasteiger partial charge in [-0.3, -0.25) is 0 Å². The molecular formula is C15H18F3NO2. The molecule has 0 aromatic heterocycles. The fraction of sp³-hybridized carbons (Fsp3) is 0.533. The van der Waals surface area contributed by atoms with E-state index in [1.807, 2.05) is 11.8 Å². The highest BCUT2D eigenvalue weighted by Crippen LogP contribution is 2.36. The number of carbonyl (C=O) groups is 1. The summed E-state index contributed by atoms with van der Waals surface area (Å²) in [5.74, 6) is -1.01. The quantitative estimate of drug-likeness (QED) is 0.862. The van der Waals surface area contributed by atoms with Crippen LogP contribution in [-0.4, -0.2) is 24.2 Å². The van der Waals surface area contributed by atoms with Crippen LogP contribution < -0.4 is 4.90 Å². The number of halogens is 3. The summed E-state index contributed by atoms with van der Waals surface area (Å²) in [5.41, 5.74) is -1.33. The first-order valence-electron chi connectivity index (χ1n) is 7.02. The Morgan fingerprint density at radius 1 is 1.38 bits per heavy atom. The maximum Gasteiger partial charge on any atom is 0.417 e. The lowest BCUT2D eigenvalue weighted by Gasteiger charge is -2.25. The molecule has 0 bridgehead atoms. The van der Waals surface area contributed by atoms with Crippen LogP contribution in [0.5, 0.6) is 0 Å². The number of anilines is 1. The molecule has 21 heavy (non-hydrogen) atoms. The number of benzene rings is 1. The van der Waals surface area contributed by atoms with Crippen LogP contribution in [0, 0.1) is 5.92 Å². The zero-order chi connectivity index (χ0) is 15.6. The van der Waals surface area contributed by atoms with Crippen molar-refractivity contribution in [2.24, 2.45) is 5.92 Å². The van der Waals surface area contributed by atoms with Crippen molar-refractivity contribution in [2.45, 2.75) is 32.4 Å². The molecule has 0 heterocycles. The number of carboxylic acids is 1. The lowest BCUT2D eigenvalue weighted by molar-refractivity contribution is -0.138. The molecule has 1 aliphatic carbocycles. The van der Waals surface area contributed by atoms with E-state index in [1.54, 1.807) is 0 Å². The van der Waals surface area contributed by atoms with Crippen LogP contribution in [0.3, 0.4) is 0 Å². The monoisotopic (exact) mass is 301 g/mol. The van der Waals surface area contributed by atoms with Crippen LogP contribution in [0.4, 0.5) is 18.9 Å². The van der Waals surface area contributed by atoms with Crippen LogP contribution in [0.1, 0.15) is 42.1 Å². The number of rotatable bonds is 6. The Kier molecular flexibility index (Phi) is 4.44. The Balaban J connectivity index is 2.36. The molecule has 1 N–H and O–H groups in total. The predicted molar refractivity (Wildman–Crippen MR) is 73.6 cm³/mol. The highest BCUT2D eigenvalue weighted by atomic mass is 19.4. The number of nitrogens with zero attached hydrogens (tertiary/aromatic N) is 1. The molecule has 1 fully saturated rings. The van der Waals surface area contributed by atoms with E-state index in [-0.39, 0.29) is 0 Å². The average Bonchev–Trinajstić information content (AvgIpc) is 3.20. The van der Waals surface area contributed by atoms with E-state index in [1.165, 1.54) is 6.07 Å². The smallest absolute Gasteiger partial charge is 0.417 e. The number of alkyl halides is 3. The first-order valence-corrected chi connectivity index (χ1v) is 7.02. The molecule has 0 unspecified atom stereocenters. The van der Waals surface area contributed by atoms with Crippen LogP contribution >= 0.6 is 0 Å². The van der Waals surface area contributed by atoms with Gasteiger partial charge in [0.25, 0.3) is 0 Å². The molecule has 0 amide bonds. The Bertz CT molecular complexity index is 524. The number of aromatic carboxylic acids is 1. The number of hydrogen-bond acceptors (Lipinski definition) is 2. The zero-order valence-electron chi connectivity index (χ0n) is 11.8. The molecule has 0 saturated heterocycles. The van der Waals surface area contributed by atoms with Crippen molar-refractivity contribution < 1.29 is 23.1 Å². The molecular weight excluding hydrogens is 283 g/mol. The predicted octanol–water partition coefficient (Wildman–Crippen LogP) is 4.03. The van der Waals surface area contributed by atoms with Gasteiger partial charge in [0.1, 0.15) is 0 Å². The van der Waals surface area contributed by atoms with Gasteiger partial charge in [-0.15, -0.1) is 0 Å². The summed E-state index contributed by atoms with van der Waals surface area (Å²) in [4.78, 5) is 12.9. The van der Waals surface area contributed by atoms with Gasteiger partial charge in [-0.1, -0.05) is 6.92 Å². The summed E-state index contributed by atoms with van der Waals surface area (Å²) < 4.78 is 39.1. The molecule has 1 aromatic carbocycles. The molecule has 1 aromatic rings. The first kappa shape index (κ1) is 15.7. The largest absolute Gasteiger partial charge is 0.478 e. The summed E-state index contributed by atoms with van der Waals surface area (Å²) in [6.07, 6.45) is -1.62. The molecule has 6 heteroatoms. The third kappa shape index (κ3) is 3.89. The summed E-state index contributed by atoms with van der Waals surface area (Å²) in [6.45, 7) is 3.37. The van der Waals surface area contributed by atoms with Gasteiger partial charge < -0.3 is 10.0 Å². The van der Waals surface area contributed by atoms with E-state index in [0.717, 1.165) is 37.9 Å². The van der Waals surface area contributed by atoms with Crippen molar-refractivity contribution in [3.8, 4) is 0 Å². The van der Waals surface area contributed by atoms with Gasteiger partial charge in [-0.25, -0.2) is 4.79 Å². The Hall–Kier alpha value is -1.72. The van der Waals surface area contributed by atoms with E-state index >= 15 is 0 Å².